The second-order valence-electron chi connectivity index (χ2n) is 4.63. The number of benzene rings is 2. The van der Waals surface area contributed by atoms with Gasteiger partial charge in [-0.25, -0.2) is 9.37 Å². The van der Waals surface area contributed by atoms with E-state index in [2.05, 4.69) is 4.98 Å². The topological polar surface area (TPSA) is 43.8 Å². The lowest BCUT2D eigenvalue weighted by atomic mass is 10.1. The van der Waals surface area contributed by atoms with Crippen molar-refractivity contribution < 1.29 is 4.39 Å². The summed E-state index contributed by atoms with van der Waals surface area (Å²) in [7, 11) is 0. The third kappa shape index (κ3) is 2.47. The Kier molecular flexibility index (Phi) is 3.32. The highest BCUT2D eigenvalue weighted by Gasteiger charge is 2.08. The highest BCUT2D eigenvalue weighted by Crippen LogP contribution is 2.22. The largest absolute Gasteiger partial charge is 0.369 e. The number of aryl methyl sites for hydroxylation is 2. The lowest BCUT2D eigenvalue weighted by molar-refractivity contribution is 0.623. The predicted molar refractivity (Wildman–Crippen MR) is 79.3 cm³/mol. The van der Waals surface area contributed by atoms with Crippen LogP contribution in [0, 0.1) is 5.82 Å². The third-order valence-corrected chi connectivity index (χ3v) is 3.49. The van der Waals surface area contributed by atoms with Gasteiger partial charge in [-0.1, -0.05) is 23.7 Å². The minimum absolute atomic E-state index is 0.224. The number of nitrogens with two attached hydrogens (primary N) is 1. The second-order valence-corrected chi connectivity index (χ2v) is 5.07. The van der Waals surface area contributed by atoms with Crippen LogP contribution in [0.3, 0.4) is 0 Å². The molecular formula is C15H13ClFN3. The molecule has 3 nitrogen and oxygen atoms in total. The van der Waals surface area contributed by atoms with E-state index < -0.39 is 0 Å². The Balaban J connectivity index is 1.89. The molecule has 0 radical (unpaired) electrons. The monoisotopic (exact) mass is 289 g/mol. The summed E-state index contributed by atoms with van der Waals surface area (Å²) in [6, 6.07) is 12.1. The molecule has 0 amide bonds. The van der Waals surface area contributed by atoms with Crippen LogP contribution in [0.4, 0.5) is 10.3 Å². The molecule has 0 saturated heterocycles. The predicted octanol–water partition coefficient (Wildman–Crippen LogP) is 3.65. The van der Waals surface area contributed by atoms with Crippen molar-refractivity contribution in [1.29, 1.82) is 0 Å². The second kappa shape index (κ2) is 5.13. The van der Waals surface area contributed by atoms with Gasteiger partial charge in [0.1, 0.15) is 5.82 Å². The molecule has 102 valence electrons. The standard InChI is InChI=1S/C15H13ClFN3/c16-11-4-5-14-13(9-11)19-15(18)20(14)7-6-10-2-1-3-12(17)8-10/h1-5,8-9H,6-7H2,(H2,18,19). The number of nitrogen functional groups attached to an aromatic ring is 1. The first-order chi connectivity index (χ1) is 9.63. The maximum atomic E-state index is 13.2. The normalized spacial score (nSPS) is 11.1. The van der Waals surface area contributed by atoms with Crippen LogP contribution in [0.1, 0.15) is 5.56 Å². The molecule has 2 aromatic carbocycles. The Morgan fingerprint density at radius 2 is 2.05 bits per heavy atom. The van der Waals surface area contributed by atoms with Crippen LogP contribution in [0.25, 0.3) is 11.0 Å². The molecule has 2 N–H and O–H groups in total. The van der Waals surface area contributed by atoms with Gasteiger partial charge < -0.3 is 10.3 Å². The first-order valence-electron chi connectivity index (χ1n) is 6.29. The molecule has 0 aliphatic heterocycles. The number of fused-ring (bicyclic) bond motifs is 1. The van der Waals surface area contributed by atoms with E-state index >= 15 is 0 Å². The quantitative estimate of drug-likeness (QED) is 0.800. The van der Waals surface area contributed by atoms with Gasteiger partial charge in [0.2, 0.25) is 5.95 Å². The summed E-state index contributed by atoms with van der Waals surface area (Å²) >= 11 is 5.94. The number of aromatic nitrogens is 2. The molecule has 0 atom stereocenters. The van der Waals surface area contributed by atoms with Gasteiger partial charge in [-0.15, -0.1) is 0 Å². The van der Waals surface area contributed by atoms with Crippen molar-refractivity contribution in [2.75, 3.05) is 5.73 Å². The van der Waals surface area contributed by atoms with Gasteiger partial charge in [0.25, 0.3) is 0 Å². The summed E-state index contributed by atoms with van der Waals surface area (Å²) in [4.78, 5) is 4.29. The molecule has 20 heavy (non-hydrogen) atoms. The summed E-state index contributed by atoms with van der Waals surface area (Å²) in [6.45, 7) is 0.646. The van der Waals surface area contributed by atoms with Crippen LogP contribution >= 0.6 is 11.6 Å². The number of halogens is 2. The number of imidazole rings is 1. The van der Waals surface area contributed by atoms with Gasteiger partial charge in [0.05, 0.1) is 11.0 Å². The summed E-state index contributed by atoms with van der Waals surface area (Å²) in [6.07, 6.45) is 0.691. The summed E-state index contributed by atoms with van der Waals surface area (Å²) in [5.74, 6) is 0.219. The van der Waals surface area contributed by atoms with Gasteiger partial charge in [0, 0.05) is 11.6 Å². The van der Waals surface area contributed by atoms with Crippen LogP contribution in [0.15, 0.2) is 42.5 Å². The maximum Gasteiger partial charge on any atom is 0.201 e. The Hall–Kier alpha value is -2.07. The number of anilines is 1. The fourth-order valence-electron chi connectivity index (χ4n) is 2.29. The van der Waals surface area contributed by atoms with E-state index in [4.69, 9.17) is 17.3 Å². The SMILES string of the molecule is Nc1nc2cc(Cl)ccc2n1CCc1cccc(F)c1. The fraction of sp³-hybridized carbons (Fsp3) is 0.133. The number of rotatable bonds is 3. The average Bonchev–Trinajstić information content (AvgIpc) is 2.71. The van der Waals surface area contributed by atoms with Gasteiger partial charge in [-0.3, -0.25) is 0 Å². The molecule has 0 unspecified atom stereocenters. The Morgan fingerprint density at radius 3 is 2.85 bits per heavy atom. The summed E-state index contributed by atoms with van der Waals surface area (Å²) in [5.41, 5.74) is 8.57. The van der Waals surface area contributed by atoms with Crippen LogP contribution in [-0.2, 0) is 13.0 Å². The zero-order valence-electron chi connectivity index (χ0n) is 10.7. The van der Waals surface area contributed by atoms with E-state index in [-0.39, 0.29) is 5.82 Å². The smallest absolute Gasteiger partial charge is 0.201 e. The molecule has 1 aromatic heterocycles. The van der Waals surface area contributed by atoms with E-state index in [1.54, 1.807) is 12.1 Å². The Morgan fingerprint density at radius 1 is 1.20 bits per heavy atom. The fourth-order valence-corrected chi connectivity index (χ4v) is 2.46. The van der Waals surface area contributed by atoms with Gasteiger partial charge in [-0.2, -0.15) is 0 Å². The first-order valence-corrected chi connectivity index (χ1v) is 6.67. The molecule has 0 bridgehead atoms. The molecule has 1 heterocycles. The van der Waals surface area contributed by atoms with Crippen molar-refractivity contribution in [2.45, 2.75) is 13.0 Å². The average molecular weight is 290 g/mol. The minimum Gasteiger partial charge on any atom is -0.369 e. The lowest BCUT2D eigenvalue weighted by Crippen LogP contribution is -2.05. The Bertz CT molecular complexity index is 767. The molecule has 0 spiro atoms. The molecular weight excluding hydrogens is 277 g/mol. The van der Waals surface area contributed by atoms with Gasteiger partial charge in [0.15, 0.2) is 0 Å². The number of hydrogen-bond acceptors (Lipinski definition) is 2. The first kappa shape index (κ1) is 12.9. The highest BCUT2D eigenvalue weighted by molar-refractivity contribution is 6.31. The molecule has 5 heteroatoms. The zero-order valence-corrected chi connectivity index (χ0v) is 11.4. The summed E-state index contributed by atoms with van der Waals surface area (Å²) < 4.78 is 15.1. The van der Waals surface area contributed by atoms with Crippen molar-refractivity contribution in [1.82, 2.24) is 9.55 Å². The molecule has 0 aliphatic rings. The van der Waals surface area contributed by atoms with Crippen LogP contribution < -0.4 is 5.73 Å². The van der Waals surface area contributed by atoms with Crippen molar-refractivity contribution in [2.24, 2.45) is 0 Å². The van der Waals surface area contributed by atoms with E-state index in [0.717, 1.165) is 16.6 Å². The molecule has 3 aromatic rings. The molecule has 0 aliphatic carbocycles. The summed E-state index contributed by atoms with van der Waals surface area (Å²) in [5, 5.41) is 0.632. The van der Waals surface area contributed by atoms with E-state index in [1.807, 2.05) is 22.8 Å². The van der Waals surface area contributed by atoms with E-state index in [0.29, 0.717) is 23.9 Å². The molecule has 0 saturated carbocycles. The molecule has 3 rings (SSSR count). The third-order valence-electron chi connectivity index (χ3n) is 3.25. The zero-order chi connectivity index (χ0) is 14.1. The van der Waals surface area contributed by atoms with Gasteiger partial charge >= 0.3 is 0 Å². The van der Waals surface area contributed by atoms with Crippen molar-refractivity contribution in [3.63, 3.8) is 0 Å². The van der Waals surface area contributed by atoms with Gasteiger partial charge in [-0.05, 0) is 42.3 Å². The molecule has 0 fully saturated rings. The lowest BCUT2D eigenvalue weighted by Gasteiger charge is -2.06. The van der Waals surface area contributed by atoms with Crippen LogP contribution in [0.2, 0.25) is 5.02 Å². The van der Waals surface area contributed by atoms with Crippen molar-refractivity contribution >= 4 is 28.6 Å². The number of hydrogen-bond donors (Lipinski definition) is 1. The van der Waals surface area contributed by atoms with Crippen LogP contribution in [-0.4, -0.2) is 9.55 Å². The van der Waals surface area contributed by atoms with E-state index in [1.165, 1.54) is 12.1 Å². The Labute approximate surface area is 120 Å². The van der Waals surface area contributed by atoms with Crippen molar-refractivity contribution in [3.8, 4) is 0 Å². The van der Waals surface area contributed by atoms with Crippen LogP contribution in [0.5, 0.6) is 0 Å². The maximum absolute atomic E-state index is 13.2. The van der Waals surface area contributed by atoms with E-state index in [9.17, 15) is 4.39 Å². The highest BCUT2D eigenvalue weighted by atomic mass is 35.5. The number of nitrogens with zero attached hydrogens (tertiary/aromatic N) is 2. The van der Waals surface area contributed by atoms with Crippen molar-refractivity contribution in [3.05, 3.63) is 58.9 Å². The minimum atomic E-state index is -0.224.